The van der Waals surface area contributed by atoms with E-state index >= 15 is 0 Å². The highest BCUT2D eigenvalue weighted by atomic mass is 16.8. The average molecular weight is 1410 g/mol. The molecule has 8 rings (SSSR count). The highest BCUT2D eigenvalue weighted by Gasteiger charge is 2.59. The molecule has 8 aliphatic heterocycles. The Morgan fingerprint density at radius 3 is 1.02 bits per heavy atom. The van der Waals surface area contributed by atoms with Crippen LogP contribution < -0.4 is 16.0 Å². The number of hydrogen-bond acceptors (Lipinski definition) is 39. The topological polar surface area (TPSA) is 651 Å². The van der Waals surface area contributed by atoms with E-state index in [1.807, 2.05) is 0 Å². The second kappa shape index (κ2) is 33.8. The third-order valence-corrected chi connectivity index (χ3v) is 17.7. The normalized spacial score (nSPS) is 50.3. The van der Waals surface area contributed by atoms with E-state index in [4.69, 9.17) is 71.1 Å². The number of nitrogens with one attached hydrogen (secondary N) is 3. The van der Waals surface area contributed by atoms with Gasteiger partial charge in [0, 0.05) is 20.8 Å². The molecule has 96 heavy (non-hydrogen) atoms. The summed E-state index contributed by atoms with van der Waals surface area (Å²) in [5.74, 6) is -2.62. The SMILES string of the molecule is CC(=O)N[C@@H]1[C@@H](O[C@@H]2O[C@H](CO[C@@H]3O[C@H](CO)[C@@H](O)[C@H](O[C@@H]4O[C@@H](C)[C@@H](O)[C@@H](O)[C@@H]4O)[C@H]3NC(C)=O)[C@H](O)[C@H](O[C@@H]3O[C@H](CO)[C@H](O)[C@H](O)[C@H]3O)[C@H]2O)[C@@H](O)[C@@H](CO[C@@H]2O[C@H](CO)[C@@H](O[C@@H]3O[C@H](CO)[C@H](O)[C@H](O)[C@H]3O)[C@H](O[C@@H]3O[C@@H](C)[C@@H](O)[C@@H](O)[C@@H]3O)[C@H]2NC(C)=O)O[C@@H]1O. The summed E-state index contributed by atoms with van der Waals surface area (Å²) < 4.78 is 88.4. The first-order chi connectivity index (χ1) is 45.3. The number of aliphatic hydroxyl groups excluding tert-OH is 21. The van der Waals surface area contributed by atoms with Crippen LogP contribution >= 0.6 is 0 Å². The van der Waals surface area contributed by atoms with Gasteiger partial charge in [-0.05, 0) is 13.8 Å². The van der Waals surface area contributed by atoms with Crippen LogP contribution in [0.25, 0.3) is 0 Å². The zero-order chi connectivity index (χ0) is 70.8. The van der Waals surface area contributed by atoms with Gasteiger partial charge in [-0.3, -0.25) is 14.4 Å². The van der Waals surface area contributed by atoms with Crippen molar-refractivity contribution in [1.29, 1.82) is 0 Å². The largest absolute Gasteiger partial charge is 0.394 e. The summed E-state index contributed by atoms with van der Waals surface area (Å²) >= 11 is 0. The zero-order valence-electron chi connectivity index (χ0n) is 52.1. The molecule has 8 fully saturated rings. The van der Waals surface area contributed by atoms with Crippen LogP contribution in [0, 0.1) is 0 Å². The van der Waals surface area contributed by atoms with Crippen molar-refractivity contribution in [3.63, 3.8) is 0 Å². The Hall–Kier alpha value is -3.03. The quantitative estimate of drug-likeness (QED) is 0.0452. The standard InChI is InChI=1S/C54H91N3O39/c1-12-26(65)33(72)37(76)50(84-12)94-44-24(56-15(4)63)48(87-19(8-60)30(44)69)83-11-22-32(71)46(96-53-40(79)36(75)29(68)18(7-59)89-53)41(80)54(91-22)93-43-23(55-14(3)62)47(81)86-21(31(43)70)10-82-49-25(57-16(5)64)45(95-51-38(77)34(73)27(66)13(2)85-51)42(20(9-61)90-49)92-52-39(78)35(74)28(67)17(6-58)88-52/h12-13,17-54,58-61,65-81H,6-11H2,1-5H3,(H,55,62)(H,56,63)(H,57,64)/t12-,13-,17+,18+,19+,20+,21+,22+,23+,24+,25+,26+,27+,28-,29-,30+,31-,32-,33+,34+,35-,36-,37-,38-,39+,40+,41+,42+,43+,44+,45+,46-,47-,48+,49+,50-,51-,52-,53-,54-/m0/s1. The molecule has 8 heterocycles. The predicted octanol–water partition coefficient (Wildman–Crippen LogP) is -16.0. The van der Waals surface area contributed by atoms with E-state index in [0.29, 0.717) is 0 Å². The lowest BCUT2D eigenvalue weighted by Crippen LogP contribution is -2.70. The van der Waals surface area contributed by atoms with Crippen LogP contribution in [0.1, 0.15) is 34.6 Å². The van der Waals surface area contributed by atoms with Gasteiger partial charge in [0.15, 0.2) is 50.3 Å². The van der Waals surface area contributed by atoms with Gasteiger partial charge in [0.1, 0.15) is 183 Å². The summed E-state index contributed by atoms with van der Waals surface area (Å²) in [5.41, 5.74) is 0. The maximum Gasteiger partial charge on any atom is 0.217 e. The number of carbonyl (C=O) groups excluding carboxylic acids is 3. The fourth-order valence-corrected chi connectivity index (χ4v) is 12.4. The van der Waals surface area contributed by atoms with Crippen molar-refractivity contribution in [2.75, 3.05) is 39.6 Å². The van der Waals surface area contributed by atoms with Gasteiger partial charge in [-0.25, -0.2) is 0 Å². The molecule has 24 N–H and O–H groups in total. The number of rotatable bonds is 23. The Labute approximate surface area is 545 Å². The smallest absolute Gasteiger partial charge is 0.217 e. The first kappa shape index (κ1) is 78.7. The predicted molar refractivity (Wildman–Crippen MR) is 296 cm³/mol. The van der Waals surface area contributed by atoms with Gasteiger partial charge in [0.05, 0.1) is 51.8 Å². The number of ether oxygens (including phenoxy) is 15. The van der Waals surface area contributed by atoms with E-state index in [9.17, 15) is 122 Å². The number of amides is 3. The summed E-state index contributed by atoms with van der Waals surface area (Å²) in [5, 5.41) is 237. The zero-order valence-corrected chi connectivity index (χ0v) is 52.1. The summed E-state index contributed by atoms with van der Waals surface area (Å²) in [6, 6.07) is -5.34. The second-order valence-corrected chi connectivity index (χ2v) is 24.6. The van der Waals surface area contributed by atoms with Gasteiger partial charge in [0.25, 0.3) is 0 Å². The van der Waals surface area contributed by atoms with E-state index in [0.717, 1.165) is 20.8 Å². The Morgan fingerprint density at radius 2 is 0.583 bits per heavy atom. The van der Waals surface area contributed by atoms with E-state index in [2.05, 4.69) is 16.0 Å². The molecule has 0 bridgehead atoms. The van der Waals surface area contributed by atoms with Gasteiger partial charge in [-0.1, -0.05) is 0 Å². The molecule has 556 valence electrons. The van der Waals surface area contributed by atoms with Crippen LogP contribution in [0.4, 0.5) is 0 Å². The summed E-state index contributed by atoms with van der Waals surface area (Å²) in [4.78, 5) is 38.7. The Balaban J connectivity index is 1.09. The molecule has 42 heteroatoms. The molecule has 8 aliphatic rings. The summed E-state index contributed by atoms with van der Waals surface area (Å²) in [6.45, 7) is -0.386. The molecule has 0 aromatic heterocycles. The van der Waals surface area contributed by atoms with Crippen molar-refractivity contribution in [3.8, 4) is 0 Å². The first-order valence-electron chi connectivity index (χ1n) is 30.8. The number of aliphatic hydroxyl groups is 21. The molecule has 40 atom stereocenters. The second-order valence-electron chi connectivity index (χ2n) is 24.6. The van der Waals surface area contributed by atoms with Crippen LogP contribution in [0.3, 0.4) is 0 Å². The van der Waals surface area contributed by atoms with Crippen LogP contribution in [-0.2, 0) is 85.4 Å². The lowest BCUT2D eigenvalue weighted by molar-refractivity contribution is -0.381. The fourth-order valence-electron chi connectivity index (χ4n) is 12.4. The van der Waals surface area contributed by atoms with Gasteiger partial charge < -0.3 is 194 Å². The highest BCUT2D eigenvalue weighted by molar-refractivity contribution is 5.74. The first-order valence-corrected chi connectivity index (χ1v) is 30.8. The molecule has 0 radical (unpaired) electrons. The number of hydrogen-bond donors (Lipinski definition) is 24. The van der Waals surface area contributed by atoms with Crippen molar-refractivity contribution in [2.24, 2.45) is 0 Å². The van der Waals surface area contributed by atoms with Crippen LogP contribution in [-0.4, -0.2) is 410 Å². The maximum absolute atomic E-state index is 13.1. The average Bonchev–Trinajstić information content (AvgIpc) is 0.790. The van der Waals surface area contributed by atoms with Gasteiger partial charge in [-0.15, -0.1) is 0 Å². The van der Waals surface area contributed by atoms with Crippen LogP contribution in [0.15, 0.2) is 0 Å². The maximum atomic E-state index is 13.1. The lowest BCUT2D eigenvalue weighted by atomic mass is 9.94. The number of carbonyl (C=O) groups is 3. The van der Waals surface area contributed by atoms with Crippen molar-refractivity contribution >= 4 is 17.7 Å². The summed E-state index contributed by atoms with van der Waals surface area (Å²) in [6.07, 6.45) is -71.1. The molecule has 0 aromatic rings. The molecule has 0 aromatic carbocycles. The van der Waals surface area contributed by atoms with Crippen molar-refractivity contribution in [1.82, 2.24) is 16.0 Å². The third-order valence-electron chi connectivity index (χ3n) is 17.7. The molecular weight excluding hydrogens is 1310 g/mol. The van der Waals surface area contributed by atoms with E-state index in [-0.39, 0.29) is 0 Å². The van der Waals surface area contributed by atoms with Crippen molar-refractivity contribution in [3.05, 3.63) is 0 Å². The Morgan fingerprint density at radius 1 is 0.292 bits per heavy atom. The Bertz CT molecular complexity index is 2470. The minimum atomic E-state index is -2.38. The van der Waals surface area contributed by atoms with Gasteiger partial charge in [-0.2, -0.15) is 0 Å². The van der Waals surface area contributed by atoms with Crippen molar-refractivity contribution in [2.45, 2.75) is 280 Å². The molecular formula is C54H91N3O39. The molecule has 0 spiro atoms. The third kappa shape index (κ3) is 17.2. The summed E-state index contributed by atoms with van der Waals surface area (Å²) in [7, 11) is 0. The molecule has 3 amide bonds. The van der Waals surface area contributed by atoms with Gasteiger partial charge in [0.2, 0.25) is 17.7 Å². The Kier molecular flexibility index (Phi) is 27.7. The molecule has 0 saturated carbocycles. The minimum Gasteiger partial charge on any atom is -0.394 e. The van der Waals surface area contributed by atoms with Crippen LogP contribution in [0.5, 0.6) is 0 Å². The molecule has 0 aliphatic carbocycles. The lowest BCUT2D eigenvalue weighted by Gasteiger charge is -2.50. The van der Waals surface area contributed by atoms with E-state index in [1.165, 1.54) is 13.8 Å². The molecule has 8 saturated heterocycles. The van der Waals surface area contributed by atoms with Crippen LogP contribution in [0.2, 0.25) is 0 Å². The highest BCUT2D eigenvalue weighted by Crippen LogP contribution is 2.38. The minimum absolute atomic E-state index is 0.828. The molecule has 42 nitrogen and oxygen atoms in total. The van der Waals surface area contributed by atoms with Gasteiger partial charge >= 0.3 is 0 Å². The van der Waals surface area contributed by atoms with E-state index < -0.39 is 303 Å². The van der Waals surface area contributed by atoms with Crippen molar-refractivity contribution < 1.29 is 193 Å². The fraction of sp³-hybridized carbons (Fsp3) is 0.944. The van der Waals surface area contributed by atoms with E-state index in [1.54, 1.807) is 0 Å². The monoisotopic (exact) mass is 1410 g/mol. The molecule has 0 unspecified atom stereocenters.